The lowest BCUT2D eigenvalue weighted by Crippen LogP contribution is -2.17. The van der Waals surface area contributed by atoms with Crippen LogP contribution < -0.4 is 5.32 Å². The molecule has 0 amide bonds. The van der Waals surface area contributed by atoms with E-state index in [0.717, 1.165) is 13.1 Å². The van der Waals surface area contributed by atoms with Gasteiger partial charge in [0.05, 0.1) is 10.2 Å². The molecule has 1 aromatic rings. The number of unbranched alkanes of at least 4 members (excludes halogenated alkanes) is 1. The molecule has 4 heteroatoms. The zero-order valence-corrected chi connectivity index (χ0v) is 12.4. The minimum Gasteiger partial charge on any atom is -0.369 e. The standard InChI is InChI=1S/C13H22BrN3/c1-3-5-7-10(4-2)12-11(14)13-15-8-6-9-17(13)16-12/h10,15H,3-9H2,1-2H3. The van der Waals surface area contributed by atoms with Gasteiger partial charge in [0.1, 0.15) is 5.82 Å². The molecule has 0 bridgehead atoms. The molecular formula is C13H22BrN3. The number of rotatable bonds is 5. The van der Waals surface area contributed by atoms with Crippen LogP contribution in [0.3, 0.4) is 0 Å². The summed E-state index contributed by atoms with van der Waals surface area (Å²) < 4.78 is 3.32. The Morgan fingerprint density at radius 2 is 2.29 bits per heavy atom. The van der Waals surface area contributed by atoms with E-state index >= 15 is 0 Å². The lowest BCUT2D eigenvalue weighted by atomic mass is 9.96. The highest BCUT2D eigenvalue weighted by atomic mass is 79.9. The zero-order chi connectivity index (χ0) is 12.3. The number of hydrogen-bond acceptors (Lipinski definition) is 2. The van der Waals surface area contributed by atoms with Gasteiger partial charge in [-0.1, -0.05) is 26.7 Å². The number of halogens is 1. The Morgan fingerprint density at radius 3 is 2.94 bits per heavy atom. The van der Waals surface area contributed by atoms with Crippen molar-refractivity contribution in [1.29, 1.82) is 0 Å². The molecule has 1 N–H and O–H groups in total. The Balaban J connectivity index is 2.21. The van der Waals surface area contributed by atoms with Gasteiger partial charge in [0.15, 0.2) is 0 Å². The zero-order valence-electron chi connectivity index (χ0n) is 10.8. The third-order valence-electron chi connectivity index (χ3n) is 3.54. The number of hydrogen-bond donors (Lipinski definition) is 1. The topological polar surface area (TPSA) is 29.9 Å². The van der Waals surface area contributed by atoms with E-state index in [4.69, 9.17) is 5.10 Å². The van der Waals surface area contributed by atoms with Crippen molar-refractivity contribution in [3.63, 3.8) is 0 Å². The number of nitrogens with zero attached hydrogens (tertiary/aromatic N) is 2. The molecule has 1 aromatic heterocycles. The molecule has 1 atom stereocenters. The highest BCUT2D eigenvalue weighted by Gasteiger charge is 2.23. The van der Waals surface area contributed by atoms with E-state index in [9.17, 15) is 0 Å². The van der Waals surface area contributed by atoms with Crippen LogP contribution in [0.2, 0.25) is 0 Å². The third kappa shape index (κ3) is 2.67. The molecule has 1 aliphatic heterocycles. The van der Waals surface area contributed by atoms with E-state index in [-0.39, 0.29) is 0 Å². The van der Waals surface area contributed by atoms with E-state index in [1.165, 1.54) is 48.1 Å². The molecule has 0 radical (unpaired) electrons. The van der Waals surface area contributed by atoms with Gasteiger partial charge in [0.25, 0.3) is 0 Å². The van der Waals surface area contributed by atoms with E-state index in [1.807, 2.05) is 0 Å². The fourth-order valence-corrected chi connectivity index (χ4v) is 3.22. The van der Waals surface area contributed by atoms with Gasteiger partial charge in [-0.2, -0.15) is 5.10 Å². The van der Waals surface area contributed by atoms with E-state index in [0.29, 0.717) is 5.92 Å². The van der Waals surface area contributed by atoms with Crippen molar-refractivity contribution in [2.45, 2.75) is 58.4 Å². The van der Waals surface area contributed by atoms with Crippen LogP contribution in [-0.2, 0) is 6.54 Å². The molecule has 0 saturated carbocycles. The van der Waals surface area contributed by atoms with Gasteiger partial charge >= 0.3 is 0 Å². The largest absolute Gasteiger partial charge is 0.369 e. The molecule has 0 aromatic carbocycles. The van der Waals surface area contributed by atoms with Crippen LogP contribution in [0.1, 0.15) is 57.6 Å². The van der Waals surface area contributed by atoms with Crippen molar-refractivity contribution < 1.29 is 0 Å². The molecule has 96 valence electrons. The molecule has 1 aliphatic rings. The summed E-state index contributed by atoms with van der Waals surface area (Å²) in [6.07, 6.45) is 6.16. The first-order chi connectivity index (χ1) is 8.27. The molecular weight excluding hydrogens is 278 g/mol. The fraction of sp³-hybridized carbons (Fsp3) is 0.769. The Morgan fingerprint density at radius 1 is 1.47 bits per heavy atom. The second-order valence-electron chi connectivity index (χ2n) is 4.80. The Kier molecular flexibility index (Phi) is 4.48. The summed E-state index contributed by atoms with van der Waals surface area (Å²) in [4.78, 5) is 0. The number of anilines is 1. The summed E-state index contributed by atoms with van der Waals surface area (Å²) in [6, 6.07) is 0. The number of nitrogens with one attached hydrogen (secondary N) is 1. The van der Waals surface area contributed by atoms with Gasteiger partial charge in [-0.15, -0.1) is 0 Å². The van der Waals surface area contributed by atoms with Crippen molar-refractivity contribution in [3.05, 3.63) is 10.2 Å². The second kappa shape index (κ2) is 5.89. The molecule has 0 saturated heterocycles. The molecule has 0 fully saturated rings. The molecule has 17 heavy (non-hydrogen) atoms. The molecule has 3 nitrogen and oxygen atoms in total. The van der Waals surface area contributed by atoms with Gasteiger partial charge in [-0.05, 0) is 35.2 Å². The second-order valence-corrected chi connectivity index (χ2v) is 5.59. The van der Waals surface area contributed by atoms with Crippen LogP contribution in [0.5, 0.6) is 0 Å². The number of aryl methyl sites for hydroxylation is 1. The van der Waals surface area contributed by atoms with Crippen molar-refractivity contribution in [2.24, 2.45) is 0 Å². The molecule has 0 spiro atoms. The lowest BCUT2D eigenvalue weighted by Gasteiger charge is -2.15. The van der Waals surface area contributed by atoms with Crippen molar-refractivity contribution in [1.82, 2.24) is 9.78 Å². The summed E-state index contributed by atoms with van der Waals surface area (Å²) in [7, 11) is 0. The number of aromatic nitrogens is 2. The van der Waals surface area contributed by atoms with Gasteiger partial charge in [-0.25, -0.2) is 4.68 Å². The summed E-state index contributed by atoms with van der Waals surface area (Å²) in [5.74, 6) is 1.78. The highest BCUT2D eigenvalue weighted by molar-refractivity contribution is 9.10. The fourth-order valence-electron chi connectivity index (χ4n) is 2.47. The molecule has 1 unspecified atom stereocenters. The maximum atomic E-state index is 4.78. The van der Waals surface area contributed by atoms with E-state index in [1.54, 1.807) is 0 Å². The van der Waals surface area contributed by atoms with Crippen molar-refractivity contribution >= 4 is 21.7 Å². The van der Waals surface area contributed by atoms with Crippen LogP contribution in [0, 0.1) is 0 Å². The van der Waals surface area contributed by atoms with Gasteiger partial charge in [0.2, 0.25) is 0 Å². The van der Waals surface area contributed by atoms with Crippen LogP contribution >= 0.6 is 15.9 Å². The third-order valence-corrected chi connectivity index (χ3v) is 4.33. The Bertz CT molecular complexity index is 373. The van der Waals surface area contributed by atoms with Gasteiger partial charge < -0.3 is 5.32 Å². The monoisotopic (exact) mass is 299 g/mol. The average Bonchev–Trinajstić information content (AvgIpc) is 2.69. The lowest BCUT2D eigenvalue weighted by molar-refractivity contribution is 0.522. The van der Waals surface area contributed by atoms with Crippen LogP contribution in [0.15, 0.2) is 4.47 Å². The molecule has 2 rings (SSSR count). The van der Waals surface area contributed by atoms with Gasteiger partial charge in [-0.3, -0.25) is 0 Å². The highest BCUT2D eigenvalue weighted by Crippen LogP contribution is 2.36. The maximum absolute atomic E-state index is 4.78. The molecule has 0 aliphatic carbocycles. The minimum atomic E-state index is 0.601. The Hall–Kier alpha value is -0.510. The quantitative estimate of drug-likeness (QED) is 0.885. The SMILES string of the molecule is CCCCC(CC)c1nn2c(c1Br)NCCC2. The smallest absolute Gasteiger partial charge is 0.138 e. The predicted molar refractivity (Wildman–Crippen MR) is 75.6 cm³/mol. The van der Waals surface area contributed by atoms with Gasteiger partial charge in [0, 0.05) is 19.0 Å². The van der Waals surface area contributed by atoms with E-state index < -0.39 is 0 Å². The summed E-state index contributed by atoms with van der Waals surface area (Å²) in [5.41, 5.74) is 1.25. The maximum Gasteiger partial charge on any atom is 0.138 e. The van der Waals surface area contributed by atoms with Crippen molar-refractivity contribution in [2.75, 3.05) is 11.9 Å². The van der Waals surface area contributed by atoms with E-state index in [2.05, 4.69) is 39.8 Å². The minimum absolute atomic E-state index is 0.601. The Labute approximate surface area is 112 Å². The summed E-state index contributed by atoms with van der Waals surface area (Å²) >= 11 is 3.72. The van der Waals surface area contributed by atoms with Crippen LogP contribution in [-0.4, -0.2) is 16.3 Å². The van der Waals surface area contributed by atoms with Crippen molar-refractivity contribution in [3.8, 4) is 0 Å². The first-order valence-electron chi connectivity index (χ1n) is 6.78. The summed E-state index contributed by atoms with van der Waals surface area (Å²) in [6.45, 7) is 6.63. The van der Waals surface area contributed by atoms with Crippen LogP contribution in [0.25, 0.3) is 0 Å². The molecule has 2 heterocycles. The summed E-state index contributed by atoms with van der Waals surface area (Å²) in [5, 5.41) is 8.22. The average molecular weight is 300 g/mol. The first-order valence-corrected chi connectivity index (χ1v) is 7.57. The normalized spacial score (nSPS) is 16.4. The number of fused-ring (bicyclic) bond motifs is 1. The predicted octanol–water partition coefficient (Wildman–Crippen LogP) is 4.15. The van der Waals surface area contributed by atoms with Crippen LogP contribution in [0.4, 0.5) is 5.82 Å². The first kappa shape index (κ1) is 12.9.